The van der Waals surface area contributed by atoms with Crippen molar-refractivity contribution in [3.63, 3.8) is 0 Å². The Kier molecular flexibility index (Phi) is 9.95. The van der Waals surface area contributed by atoms with E-state index in [4.69, 9.17) is 9.84 Å². The number of hydrogen-bond donors (Lipinski definition) is 4. The third kappa shape index (κ3) is 8.12. The number of pyridine rings is 1. The van der Waals surface area contributed by atoms with Gasteiger partial charge in [0.15, 0.2) is 0 Å². The van der Waals surface area contributed by atoms with Gasteiger partial charge in [-0.3, -0.25) is 14.4 Å². The van der Waals surface area contributed by atoms with Crippen molar-refractivity contribution in [3.05, 3.63) is 70.5 Å². The van der Waals surface area contributed by atoms with Crippen LogP contribution in [0.25, 0.3) is 10.9 Å². The van der Waals surface area contributed by atoms with Crippen LogP contribution in [-0.2, 0) is 16.1 Å². The van der Waals surface area contributed by atoms with Gasteiger partial charge in [-0.1, -0.05) is 6.08 Å². The molecule has 3 aromatic rings. The maximum Gasteiger partial charge on any atom is 0.405 e. The number of likely N-dealkylation sites (N-methyl/N-ethyl adjacent to an activating group) is 1. The number of ether oxygens (including phenoxy) is 1. The first-order chi connectivity index (χ1) is 18.9. The Balaban J connectivity index is 1.76. The van der Waals surface area contributed by atoms with Gasteiger partial charge in [0.25, 0.3) is 12.0 Å². The minimum absolute atomic E-state index is 0.0257. The second-order valence-corrected chi connectivity index (χ2v) is 8.92. The molecule has 0 unspecified atom stereocenters. The molecule has 40 heavy (non-hydrogen) atoms. The molecule has 3 rings (SSSR count). The number of H-pyrrole nitrogens is 1. The molecular formula is C26H28F3N5O6. The van der Waals surface area contributed by atoms with Gasteiger partial charge in [0.2, 0.25) is 11.8 Å². The molecule has 11 nitrogen and oxygen atoms in total. The van der Waals surface area contributed by atoms with Crippen LogP contribution in [0.1, 0.15) is 18.5 Å². The van der Waals surface area contributed by atoms with Crippen molar-refractivity contribution < 1.29 is 37.4 Å². The first kappa shape index (κ1) is 29.8. The summed E-state index contributed by atoms with van der Waals surface area (Å²) in [5.41, 5.74) is -0.0254. The highest BCUT2D eigenvalue weighted by molar-refractivity contribution is 5.96. The number of carbonyl (C=O) groups excluding carboxylic acids is 2. The topological polar surface area (TPSA) is 146 Å². The summed E-state index contributed by atoms with van der Waals surface area (Å²) in [6.45, 7) is -0.967. The molecule has 0 spiro atoms. The number of halogens is 3. The van der Waals surface area contributed by atoms with Crippen LogP contribution in [-0.4, -0.2) is 70.6 Å². The van der Waals surface area contributed by atoms with Crippen LogP contribution in [0, 0.1) is 5.82 Å². The van der Waals surface area contributed by atoms with E-state index < -0.39 is 42.5 Å². The van der Waals surface area contributed by atoms with E-state index in [1.807, 2.05) is 0 Å². The maximum atomic E-state index is 14.0. The molecule has 1 atom stereocenters. The molecule has 0 fully saturated rings. The lowest BCUT2D eigenvalue weighted by atomic mass is 10.1. The SMILES string of the molecule is CN(C)C(=O)/C=C/CC[C@H](NC(=O)O)C(=O)Nc1cccn(Cc2cc3cc(F)cc(OCC(F)F)c3[nH]2)c1=O. The Morgan fingerprint density at radius 1 is 1.23 bits per heavy atom. The lowest BCUT2D eigenvalue weighted by Crippen LogP contribution is -2.44. The van der Waals surface area contributed by atoms with Crippen molar-refractivity contribution in [2.24, 2.45) is 0 Å². The number of rotatable bonds is 12. The third-order valence-electron chi connectivity index (χ3n) is 5.63. The van der Waals surface area contributed by atoms with E-state index in [2.05, 4.69) is 15.6 Å². The number of nitrogens with one attached hydrogen (secondary N) is 3. The maximum absolute atomic E-state index is 14.0. The van der Waals surface area contributed by atoms with E-state index in [9.17, 15) is 32.3 Å². The highest BCUT2D eigenvalue weighted by atomic mass is 19.3. The zero-order chi connectivity index (χ0) is 29.4. The highest BCUT2D eigenvalue weighted by Crippen LogP contribution is 2.28. The predicted octanol–water partition coefficient (Wildman–Crippen LogP) is 3.16. The highest BCUT2D eigenvalue weighted by Gasteiger charge is 2.21. The molecule has 3 amide bonds. The van der Waals surface area contributed by atoms with E-state index in [0.29, 0.717) is 11.1 Å². The minimum Gasteiger partial charge on any atom is -0.485 e. The molecule has 214 valence electrons. The molecule has 0 saturated heterocycles. The number of aromatic amines is 1. The fourth-order valence-electron chi connectivity index (χ4n) is 3.76. The summed E-state index contributed by atoms with van der Waals surface area (Å²) in [6, 6.07) is 5.33. The van der Waals surface area contributed by atoms with Crippen LogP contribution >= 0.6 is 0 Å². The Hall–Kier alpha value is -4.75. The molecule has 2 heterocycles. The summed E-state index contributed by atoms with van der Waals surface area (Å²) < 4.78 is 45.4. The van der Waals surface area contributed by atoms with E-state index in [-0.39, 0.29) is 42.2 Å². The zero-order valence-corrected chi connectivity index (χ0v) is 21.6. The number of fused-ring (bicyclic) bond motifs is 1. The number of aromatic nitrogens is 2. The van der Waals surface area contributed by atoms with Crippen LogP contribution in [0.3, 0.4) is 0 Å². The number of nitrogens with zero attached hydrogens (tertiary/aromatic N) is 2. The summed E-state index contributed by atoms with van der Waals surface area (Å²) in [7, 11) is 3.14. The van der Waals surface area contributed by atoms with Gasteiger partial charge in [0.05, 0.1) is 12.1 Å². The van der Waals surface area contributed by atoms with E-state index >= 15 is 0 Å². The van der Waals surface area contributed by atoms with Gasteiger partial charge in [-0.2, -0.15) is 0 Å². The third-order valence-corrected chi connectivity index (χ3v) is 5.63. The molecule has 0 radical (unpaired) electrons. The number of carboxylic acid groups (broad SMARTS) is 1. The van der Waals surface area contributed by atoms with Gasteiger partial charge in [-0.15, -0.1) is 0 Å². The summed E-state index contributed by atoms with van der Waals surface area (Å²) in [6.07, 6.45) is 0.302. The second-order valence-electron chi connectivity index (χ2n) is 8.92. The molecular weight excluding hydrogens is 535 g/mol. The largest absolute Gasteiger partial charge is 0.485 e. The number of alkyl halides is 2. The Labute approximate surface area is 226 Å². The van der Waals surface area contributed by atoms with Crippen molar-refractivity contribution in [1.29, 1.82) is 0 Å². The van der Waals surface area contributed by atoms with Crippen molar-refractivity contribution in [2.45, 2.75) is 31.9 Å². The number of benzene rings is 1. The van der Waals surface area contributed by atoms with E-state index in [1.54, 1.807) is 14.1 Å². The normalized spacial score (nSPS) is 12.1. The molecule has 0 aliphatic heterocycles. The number of hydrogen-bond acceptors (Lipinski definition) is 5. The molecule has 0 saturated carbocycles. The van der Waals surface area contributed by atoms with Crippen LogP contribution < -0.4 is 20.9 Å². The summed E-state index contributed by atoms with van der Waals surface area (Å²) >= 11 is 0. The van der Waals surface area contributed by atoms with Gasteiger partial charge in [0.1, 0.15) is 29.9 Å². The Morgan fingerprint density at radius 2 is 1.98 bits per heavy atom. The van der Waals surface area contributed by atoms with Crippen molar-refractivity contribution in [2.75, 3.05) is 26.0 Å². The Morgan fingerprint density at radius 3 is 2.65 bits per heavy atom. The summed E-state index contributed by atoms with van der Waals surface area (Å²) in [5, 5.41) is 14.0. The van der Waals surface area contributed by atoms with Crippen LogP contribution in [0.15, 0.2) is 53.5 Å². The lowest BCUT2D eigenvalue weighted by Gasteiger charge is -2.16. The monoisotopic (exact) mass is 563 g/mol. The van der Waals surface area contributed by atoms with Crippen molar-refractivity contribution in [3.8, 4) is 5.75 Å². The van der Waals surface area contributed by atoms with Crippen LogP contribution in [0.5, 0.6) is 5.75 Å². The average molecular weight is 564 g/mol. The molecule has 0 bridgehead atoms. The average Bonchev–Trinajstić information content (AvgIpc) is 3.28. The van der Waals surface area contributed by atoms with Gasteiger partial charge < -0.3 is 34.9 Å². The fourth-order valence-corrected chi connectivity index (χ4v) is 3.76. The first-order valence-corrected chi connectivity index (χ1v) is 12.0. The fraction of sp³-hybridized carbons (Fsp3) is 0.308. The molecule has 14 heteroatoms. The Bertz CT molecular complexity index is 1470. The quantitative estimate of drug-likeness (QED) is 0.249. The first-order valence-electron chi connectivity index (χ1n) is 12.0. The molecule has 0 aliphatic carbocycles. The number of amides is 3. The van der Waals surface area contributed by atoms with E-state index in [1.165, 1.54) is 52.1 Å². The molecule has 0 aliphatic rings. The zero-order valence-electron chi connectivity index (χ0n) is 21.6. The number of carbonyl (C=O) groups is 3. The second kappa shape index (κ2) is 13.4. The minimum atomic E-state index is -2.75. The lowest BCUT2D eigenvalue weighted by molar-refractivity contribution is -0.123. The smallest absolute Gasteiger partial charge is 0.405 e. The van der Waals surface area contributed by atoms with Crippen LogP contribution in [0.2, 0.25) is 0 Å². The van der Waals surface area contributed by atoms with Gasteiger partial charge >= 0.3 is 6.09 Å². The van der Waals surface area contributed by atoms with E-state index in [0.717, 1.165) is 6.07 Å². The molecule has 4 N–H and O–H groups in total. The van der Waals surface area contributed by atoms with Crippen molar-refractivity contribution in [1.82, 2.24) is 19.8 Å². The number of allylic oxidation sites excluding steroid dienone is 1. The summed E-state index contributed by atoms with van der Waals surface area (Å²) in [5.74, 6) is -1.83. The van der Waals surface area contributed by atoms with Crippen LogP contribution in [0.4, 0.5) is 23.7 Å². The number of anilines is 1. The molecule has 1 aromatic carbocycles. The van der Waals surface area contributed by atoms with Gasteiger partial charge in [-0.25, -0.2) is 18.0 Å². The van der Waals surface area contributed by atoms with Gasteiger partial charge in [-0.05, 0) is 43.2 Å². The summed E-state index contributed by atoms with van der Waals surface area (Å²) in [4.78, 5) is 53.0. The van der Waals surface area contributed by atoms with Crippen molar-refractivity contribution >= 4 is 34.5 Å². The molecule has 2 aromatic heterocycles. The predicted molar refractivity (Wildman–Crippen MR) is 140 cm³/mol. The van der Waals surface area contributed by atoms with Gasteiger partial charge in [0, 0.05) is 37.4 Å². The standard InChI is InChI=1S/C26H28F3N5O6/c1-33(2)22(35)8-4-3-6-18(32-26(38)39)24(36)31-19-7-5-9-34(25(19)37)13-17-11-15-10-16(27)12-20(23(15)30-17)40-14-21(28)29/h4-5,7-12,18,21,30,32H,3,6,13-14H2,1-2H3,(H,31,36)(H,38,39)/b8-4+/t18-/m0/s1.